The molecule has 3 nitrogen and oxygen atoms in total. The van der Waals surface area contributed by atoms with Crippen molar-refractivity contribution >= 4 is 29.6 Å². The van der Waals surface area contributed by atoms with Crippen LogP contribution in [0, 0.1) is 27.2 Å². The molecular formula is C12H14ClN3S. The molecule has 1 aromatic rings. The summed E-state index contributed by atoms with van der Waals surface area (Å²) in [5.41, 5.74) is -0.283. The summed E-state index contributed by atoms with van der Waals surface area (Å²) in [6.07, 6.45) is 1.80. The summed E-state index contributed by atoms with van der Waals surface area (Å²) >= 11 is 11.3. The van der Waals surface area contributed by atoms with Gasteiger partial charge in [0.1, 0.15) is 5.82 Å². The molecule has 0 unspecified atom stereocenters. The SMILES string of the molecule is CC(C)(C#N)C1CN(c2[nH]ccc(=S)c2Cl)C1. The minimum atomic E-state index is -0.283. The Morgan fingerprint density at radius 2 is 2.24 bits per heavy atom. The van der Waals surface area contributed by atoms with Crippen LogP contribution in [-0.2, 0) is 0 Å². The summed E-state index contributed by atoms with van der Waals surface area (Å²) in [6, 6.07) is 4.13. The molecule has 1 aliphatic heterocycles. The first-order chi connectivity index (χ1) is 7.95. The Morgan fingerprint density at radius 3 is 2.82 bits per heavy atom. The van der Waals surface area contributed by atoms with Crippen molar-refractivity contribution in [2.45, 2.75) is 13.8 Å². The molecule has 2 rings (SSSR count). The van der Waals surface area contributed by atoms with E-state index in [4.69, 9.17) is 29.1 Å². The summed E-state index contributed by atoms with van der Waals surface area (Å²) < 4.78 is 0.656. The van der Waals surface area contributed by atoms with Gasteiger partial charge in [-0.15, -0.1) is 0 Å². The van der Waals surface area contributed by atoms with Crippen molar-refractivity contribution in [1.82, 2.24) is 4.98 Å². The summed E-state index contributed by atoms with van der Waals surface area (Å²) in [6.45, 7) is 5.64. The third kappa shape index (κ3) is 2.18. The maximum Gasteiger partial charge on any atom is 0.126 e. The van der Waals surface area contributed by atoms with Gasteiger partial charge in [0.2, 0.25) is 0 Å². The Kier molecular flexibility index (Phi) is 3.15. The molecule has 0 radical (unpaired) electrons. The van der Waals surface area contributed by atoms with E-state index in [-0.39, 0.29) is 5.41 Å². The first kappa shape index (κ1) is 12.4. The smallest absolute Gasteiger partial charge is 0.126 e. The minimum Gasteiger partial charge on any atom is -0.356 e. The first-order valence-corrected chi connectivity index (χ1v) is 6.27. The van der Waals surface area contributed by atoms with Crippen molar-refractivity contribution in [3.8, 4) is 6.07 Å². The van der Waals surface area contributed by atoms with Crippen molar-refractivity contribution in [2.24, 2.45) is 11.3 Å². The Labute approximate surface area is 111 Å². The van der Waals surface area contributed by atoms with E-state index in [1.165, 1.54) is 0 Å². The lowest BCUT2D eigenvalue weighted by Gasteiger charge is -2.45. The molecule has 0 atom stereocenters. The molecule has 17 heavy (non-hydrogen) atoms. The lowest BCUT2D eigenvalue weighted by atomic mass is 9.75. The number of aromatic nitrogens is 1. The number of anilines is 1. The van der Waals surface area contributed by atoms with Crippen molar-refractivity contribution in [2.75, 3.05) is 18.0 Å². The molecule has 0 spiro atoms. The van der Waals surface area contributed by atoms with E-state index in [2.05, 4.69) is 16.0 Å². The topological polar surface area (TPSA) is 42.8 Å². The summed E-state index contributed by atoms with van der Waals surface area (Å²) in [4.78, 5) is 5.24. The number of nitrogens with one attached hydrogen (secondary N) is 1. The standard InChI is InChI=1S/C12H14ClN3S/c1-12(2,7-14)8-5-16(6-8)11-10(13)9(17)3-4-15-11/h3-4,8H,5-6H2,1-2H3,(H,15,17). The van der Waals surface area contributed by atoms with Gasteiger partial charge in [-0.2, -0.15) is 5.26 Å². The van der Waals surface area contributed by atoms with Crippen LogP contribution in [0.15, 0.2) is 12.3 Å². The average Bonchev–Trinajstić information content (AvgIpc) is 2.22. The number of pyridine rings is 1. The third-order valence-electron chi connectivity index (χ3n) is 3.39. The molecule has 1 aliphatic rings. The van der Waals surface area contributed by atoms with Crippen LogP contribution in [0.4, 0.5) is 5.82 Å². The highest BCUT2D eigenvalue weighted by Gasteiger charge is 2.39. The van der Waals surface area contributed by atoms with Gasteiger partial charge in [-0.1, -0.05) is 23.8 Å². The number of nitrogens with zero attached hydrogens (tertiary/aromatic N) is 2. The molecule has 1 N–H and O–H groups in total. The van der Waals surface area contributed by atoms with Crippen molar-refractivity contribution < 1.29 is 0 Å². The molecule has 0 saturated carbocycles. The Balaban J connectivity index is 2.13. The largest absolute Gasteiger partial charge is 0.356 e. The molecule has 0 aromatic carbocycles. The summed E-state index contributed by atoms with van der Waals surface area (Å²) in [5, 5.41) is 9.66. The van der Waals surface area contributed by atoms with Crippen molar-refractivity contribution in [1.29, 1.82) is 5.26 Å². The Hall–Kier alpha value is -1.05. The Morgan fingerprint density at radius 1 is 1.59 bits per heavy atom. The van der Waals surface area contributed by atoms with Crippen LogP contribution in [-0.4, -0.2) is 18.1 Å². The van der Waals surface area contributed by atoms with Crippen LogP contribution in [0.5, 0.6) is 0 Å². The highest BCUT2D eigenvalue weighted by atomic mass is 35.5. The van der Waals surface area contributed by atoms with Gasteiger partial charge in [0.15, 0.2) is 0 Å². The van der Waals surface area contributed by atoms with Crippen LogP contribution >= 0.6 is 23.8 Å². The number of nitriles is 1. The van der Waals surface area contributed by atoms with Gasteiger partial charge in [0.05, 0.1) is 21.0 Å². The minimum absolute atomic E-state index is 0.283. The van der Waals surface area contributed by atoms with Crippen LogP contribution in [0.1, 0.15) is 13.8 Å². The van der Waals surface area contributed by atoms with Gasteiger partial charge in [-0.05, 0) is 19.9 Å². The van der Waals surface area contributed by atoms with Crippen LogP contribution in [0.25, 0.3) is 0 Å². The predicted octanol–water partition coefficient (Wildman–Crippen LogP) is 3.38. The van der Waals surface area contributed by atoms with Gasteiger partial charge in [0, 0.05) is 25.2 Å². The number of rotatable bonds is 2. The van der Waals surface area contributed by atoms with Gasteiger partial charge < -0.3 is 9.88 Å². The molecule has 1 saturated heterocycles. The highest BCUT2D eigenvalue weighted by Crippen LogP contribution is 2.37. The van der Waals surface area contributed by atoms with Gasteiger partial charge in [0.25, 0.3) is 0 Å². The van der Waals surface area contributed by atoms with Crippen molar-refractivity contribution in [3.63, 3.8) is 0 Å². The van der Waals surface area contributed by atoms with Gasteiger partial charge in [-0.3, -0.25) is 0 Å². The van der Waals surface area contributed by atoms with E-state index < -0.39 is 0 Å². The zero-order valence-corrected chi connectivity index (χ0v) is 11.4. The normalized spacial score (nSPS) is 16.5. The molecular weight excluding hydrogens is 254 g/mol. The van der Waals surface area contributed by atoms with Crippen LogP contribution in [0.3, 0.4) is 0 Å². The second-order valence-corrected chi connectivity index (χ2v) is 5.76. The monoisotopic (exact) mass is 267 g/mol. The number of hydrogen-bond acceptors (Lipinski definition) is 3. The lowest BCUT2D eigenvalue weighted by Crippen LogP contribution is -2.53. The number of halogens is 1. The first-order valence-electron chi connectivity index (χ1n) is 5.49. The molecule has 0 aliphatic carbocycles. The molecule has 1 aromatic heterocycles. The van der Waals surface area contributed by atoms with E-state index in [0.29, 0.717) is 15.5 Å². The van der Waals surface area contributed by atoms with E-state index in [0.717, 1.165) is 18.9 Å². The molecule has 2 heterocycles. The zero-order chi connectivity index (χ0) is 12.6. The second kappa shape index (κ2) is 4.32. The molecule has 90 valence electrons. The fraction of sp³-hybridized carbons (Fsp3) is 0.500. The molecule has 0 bridgehead atoms. The average molecular weight is 268 g/mol. The van der Waals surface area contributed by atoms with Crippen molar-refractivity contribution in [3.05, 3.63) is 21.8 Å². The van der Waals surface area contributed by atoms with Gasteiger partial charge in [-0.25, -0.2) is 0 Å². The van der Waals surface area contributed by atoms with Crippen LogP contribution in [0.2, 0.25) is 5.02 Å². The fourth-order valence-corrected chi connectivity index (χ4v) is 2.29. The maximum absolute atomic E-state index is 9.07. The van der Waals surface area contributed by atoms with E-state index in [9.17, 15) is 0 Å². The second-order valence-electron chi connectivity index (χ2n) is 4.94. The maximum atomic E-state index is 9.07. The van der Waals surface area contributed by atoms with Crippen LogP contribution < -0.4 is 4.90 Å². The number of H-pyrrole nitrogens is 1. The lowest BCUT2D eigenvalue weighted by molar-refractivity contribution is 0.237. The number of hydrogen-bond donors (Lipinski definition) is 1. The van der Waals surface area contributed by atoms with Gasteiger partial charge >= 0.3 is 0 Å². The molecule has 5 heteroatoms. The van der Waals surface area contributed by atoms with E-state index >= 15 is 0 Å². The number of aromatic amines is 1. The van der Waals surface area contributed by atoms with E-state index in [1.807, 2.05) is 13.8 Å². The molecule has 1 fully saturated rings. The highest BCUT2D eigenvalue weighted by molar-refractivity contribution is 7.71. The third-order valence-corrected chi connectivity index (χ3v) is 4.22. The quantitative estimate of drug-likeness (QED) is 0.836. The van der Waals surface area contributed by atoms with E-state index in [1.54, 1.807) is 12.3 Å². The summed E-state index contributed by atoms with van der Waals surface area (Å²) in [7, 11) is 0. The predicted molar refractivity (Wildman–Crippen MR) is 71.7 cm³/mol. The Bertz CT molecular complexity index is 523. The fourth-order valence-electron chi connectivity index (χ4n) is 1.89. The molecule has 0 amide bonds. The summed E-state index contributed by atoms with van der Waals surface area (Å²) in [5.74, 6) is 1.25. The zero-order valence-electron chi connectivity index (χ0n) is 9.83.